The van der Waals surface area contributed by atoms with Crippen molar-refractivity contribution in [1.29, 1.82) is 0 Å². The molecule has 1 radical (unpaired) electrons. The number of hydrogen-bond acceptors (Lipinski definition) is 0. The van der Waals surface area contributed by atoms with E-state index in [9.17, 15) is 0 Å². The van der Waals surface area contributed by atoms with Gasteiger partial charge in [-0.25, -0.2) is 5.32 Å². The first-order chi connectivity index (χ1) is 56.0. The van der Waals surface area contributed by atoms with Gasteiger partial charge in [-0.3, -0.25) is 0 Å². The molecule has 0 N–H and O–H groups in total. The van der Waals surface area contributed by atoms with Crippen LogP contribution >= 0.6 is 0 Å². The summed E-state index contributed by atoms with van der Waals surface area (Å²) in [6.07, 6.45) is 0. The van der Waals surface area contributed by atoms with Crippen molar-refractivity contribution in [3.63, 3.8) is 0 Å². The Morgan fingerprint density at radius 2 is 0.257 bits per heavy atom. The van der Waals surface area contributed by atoms with Crippen LogP contribution in [0.4, 0.5) is 11.4 Å². The van der Waals surface area contributed by atoms with E-state index >= 15 is 0 Å². The standard InChI is InChI=1S/C112H66N/c1-7-29-73-57-95-83(51-67(73)23-1)39-17-45-89(95)105-101-63-79-35-13-15-37-81(79)65-103(101)111(109(93-49-21-43-87-55-71-27-5-11-33-77(71)61-99(87)93)107(105)91-47-19-41-85-53-69-25-3-9-31-75(69)59-97(85)91)113-112-104-66-82-38-16-14-36-80(82)64-102(104)106(90-46-18-40-84-52-68-24-2-8-30-74(68)58-96(84)90)108(92-48-20-42-86-54-70-26-4-10-32-76(70)60-98(86)92)110(112)94-50-22-44-88-56-72-28-6-12-34-78(72)62-100(88)94/h1-66H. The summed E-state index contributed by atoms with van der Waals surface area (Å²) in [5, 5.41) is 44.2. The second kappa shape index (κ2) is 24.9. The summed E-state index contributed by atoms with van der Waals surface area (Å²) in [7, 11) is 0. The molecule has 24 rings (SSSR count). The lowest BCUT2D eigenvalue weighted by Gasteiger charge is -2.29. The molecule has 0 fully saturated rings. The Labute approximate surface area is 651 Å². The van der Waals surface area contributed by atoms with Gasteiger partial charge < -0.3 is 0 Å². The second-order valence-electron chi connectivity index (χ2n) is 30.9. The minimum atomic E-state index is 0.884. The highest BCUT2D eigenvalue weighted by molar-refractivity contribution is 6.30. The molecule has 0 saturated carbocycles. The molecule has 0 spiro atoms. The molecule has 113 heavy (non-hydrogen) atoms. The number of hydrogen-bond donors (Lipinski definition) is 0. The van der Waals surface area contributed by atoms with Crippen molar-refractivity contribution in [2.45, 2.75) is 0 Å². The van der Waals surface area contributed by atoms with Crippen LogP contribution in [0, 0.1) is 0 Å². The molecule has 0 aromatic heterocycles. The second-order valence-corrected chi connectivity index (χ2v) is 30.9. The number of fused-ring (bicyclic) bond motifs is 16. The lowest BCUT2D eigenvalue weighted by atomic mass is 9.77. The van der Waals surface area contributed by atoms with E-state index in [4.69, 9.17) is 5.32 Å². The zero-order chi connectivity index (χ0) is 73.9. The maximum absolute atomic E-state index is 7.11. The van der Waals surface area contributed by atoms with Crippen molar-refractivity contribution in [2.24, 2.45) is 0 Å². The summed E-state index contributed by atoms with van der Waals surface area (Å²) < 4.78 is 0. The smallest absolute Gasteiger partial charge is 0.0801 e. The van der Waals surface area contributed by atoms with E-state index in [1.54, 1.807) is 0 Å². The van der Waals surface area contributed by atoms with Crippen LogP contribution in [0.15, 0.2) is 400 Å². The molecule has 0 bridgehead atoms. The normalized spacial score (nSPS) is 12.1. The average molecular weight is 1430 g/mol. The third-order valence-corrected chi connectivity index (χ3v) is 24.6. The zero-order valence-electron chi connectivity index (χ0n) is 61.6. The SMILES string of the molecule is c1ccc2cc3c(-c4c(-c5cccc6cc7ccccc7cc56)c(-c5cccc6cc7ccccc7cc56)c5cc6ccccc6cc5c4[N]c4c(-c5cccc6cc7ccccc7cc56)c(-c5cccc6cc7ccccc7cc56)c(-c5cccc6cc7ccccc7cc56)c5cc6ccccc6cc45)cccc3cc2c1. The Balaban J connectivity index is 0.964. The summed E-state index contributed by atoms with van der Waals surface area (Å²) in [4.78, 5) is 0. The monoisotopic (exact) mass is 1420 g/mol. The lowest BCUT2D eigenvalue weighted by molar-refractivity contribution is 1.22. The van der Waals surface area contributed by atoms with E-state index in [2.05, 4.69) is 400 Å². The first kappa shape index (κ1) is 63.2. The van der Waals surface area contributed by atoms with E-state index in [1.807, 2.05) is 0 Å². The summed E-state index contributed by atoms with van der Waals surface area (Å²) >= 11 is 0. The minimum absolute atomic E-state index is 0.884. The summed E-state index contributed by atoms with van der Waals surface area (Å²) in [6, 6.07) is 152. The molecule has 0 aliphatic heterocycles. The van der Waals surface area contributed by atoms with Crippen LogP contribution in [-0.4, -0.2) is 0 Å². The van der Waals surface area contributed by atoms with Gasteiger partial charge in [0.15, 0.2) is 0 Å². The Hall–Kier alpha value is -14.8. The summed E-state index contributed by atoms with van der Waals surface area (Å²) in [6.45, 7) is 0. The molecule has 24 aromatic rings. The molecule has 0 saturated heterocycles. The molecule has 1 nitrogen and oxygen atoms in total. The van der Waals surface area contributed by atoms with Gasteiger partial charge in [0.25, 0.3) is 0 Å². The third kappa shape index (κ3) is 9.98. The summed E-state index contributed by atoms with van der Waals surface area (Å²) in [5.41, 5.74) is 15.1. The molecular formula is C112H66N. The fraction of sp³-hybridized carbons (Fsp3) is 0. The first-order valence-corrected chi connectivity index (χ1v) is 39.3. The van der Waals surface area contributed by atoms with Crippen molar-refractivity contribution >= 4 is 184 Å². The van der Waals surface area contributed by atoms with Crippen molar-refractivity contribution < 1.29 is 0 Å². The van der Waals surface area contributed by atoms with E-state index in [1.165, 1.54) is 86.2 Å². The molecule has 1 heteroatoms. The van der Waals surface area contributed by atoms with Crippen molar-refractivity contribution in [2.75, 3.05) is 0 Å². The van der Waals surface area contributed by atoms with Gasteiger partial charge in [0, 0.05) is 33.0 Å². The molecule has 0 unspecified atom stereocenters. The molecule has 519 valence electrons. The van der Waals surface area contributed by atoms with E-state index in [-0.39, 0.29) is 0 Å². The van der Waals surface area contributed by atoms with Gasteiger partial charge in [-0.1, -0.05) is 303 Å². The quantitative estimate of drug-likeness (QED) is 0.135. The molecule has 24 aromatic carbocycles. The van der Waals surface area contributed by atoms with E-state index < -0.39 is 0 Å². The molecule has 0 atom stereocenters. The maximum atomic E-state index is 7.11. The van der Waals surface area contributed by atoms with Crippen LogP contribution in [0.1, 0.15) is 0 Å². The van der Waals surface area contributed by atoms with Crippen LogP contribution in [-0.2, 0) is 0 Å². The van der Waals surface area contributed by atoms with Crippen molar-refractivity contribution in [3.8, 4) is 66.8 Å². The number of rotatable bonds is 8. The topological polar surface area (TPSA) is 14.1 Å². The molecule has 0 heterocycles. The Bertz CT molecular complexity index is 7800. The highest BCUT2D eigenvalue weighted by Gasteiger charge is 2.33. The Morgan fingerprint density at radius 3 is 0.460 bits per heavy atom. The Morgan fingerprint density at radius 1 is 0.106 bits per heavy atom. The van der Waals surface area contributed by atoms with Crippen LogP contribution in [0.3, 0.4) is 0 Å². The fourth-order valence-corrected chi connectivity index (χ4v) is 19.4. The van der Waals surface area contributed by atoms with Gasteiger partial charge in [0.05, 0.1) is 11.4 Å². The molecule has 0 aliphatic carbocycles. The van der Waals surface area contributed by atoms with Crippen LogP contribution in [0.5, 0.6) is 0 Å². The maximum Gasteiger partial charge on any atom is 0.0801 e. The van der Waals surface area contributed by atoms with Gasteiger partial charge in [0.2, 0.25) is 0 Å². The lowest BCUT2D eigenvalue weighted by Crippen LogP contribution is -2.05. The Kier molecular flexibility index (Phi) is 13.9. The van der Waals surface area contributed by atoms with Gasteiger partial charge >= 0.3 is 0 Å². The number of benzene rings is 24. The largest absolute Gasteiger partial charge is 0.246 e. The van der Waals surface area contributed by atoms with Gasteiger partial charge in [-0.05, 0) is 303 Å². The number of nitrogens with zero attached hydrogens (tertiary/aromatic N) is 1. The van der Waals surface area contributed by atoms with Gasteiger partial charge in [-0.15, -0.1) is 0 Å². The van der Waals surface area contributed by atoms with Crippen molar-refractivity contribution in [1.82, 2.24) is 5.32 Å². The average Bonchev–Trinajstić information content (AvgIpc) is 0.697. The van der Waals surface area contributed by atoms with E-state index in [0.717, 1.165) is 164 Å². The predicted octanol–water partition coefficient (Wildman–Crippen LogP) is 31.7. The predicted molar refractivity (Wildman–Crippen MR) is 487 cm³/mol. The molecular weight excluding hydrogens is 1360 g/mol. The van der Waals surface area contributed by atoms with Crippen LogP contribution in [0.25, 0.3) is 239 Å². The fourth-order valence-electron chi connectivity index (χ4n) is 19.4. The first-order valence-electron chi connectivity index (χ1n) is 39.3. The molecule has 0 amide bonds. The molecule has 0 aliphatic rings. The zero-order valence-corrected chi connectivity index (χ0v) is 61.6. The van der Waals surface area contributed by atoms with Crippen molar-refractivity contribution in [3.05, 3.63) is 400 Å². The van der Waals surface area contributed by atoms with E-state index in [0.29, 0.717) is 0 Å². The highest BCUT2D eigenvalue weighted by Crippen LogP contribution is 2.60. The third-order valence-electron chi connectivity index (χ3n) is 24.6. The van der Waals surface area contributed by atoms with Gasteiger partial charge in [-0.2, -0.15) is 0 Å². The van der Waals surface area contributed by atoms with Gasteiger partial charge in [0.1, 0.15) is 0 Å². The van der Waals surface area contributed by atoms with Crippen LogP contribution in [0.2, 0.25) is 0 Å². The minimum Gasteiger partial charge on any atom is -0.246 e. The van der Waals surface area contributed by atoms with Crippen LogP contribution < -0.4 is 5.32 Å². The highest BCUT2D eigenvalue weighted by atomic mass is 14.9. The summed E-state index contributed by atoms with van der Waals surface area (Å²) in [5.74, 6) is 0.